The van der Waals surface area contributed by atoms with Crippen molar-refractivity contribution in [2.45, 2.75) is 6.42 Å². The Kier molecular flexibility index (Phi) is 5.55. The van der Waals surface area contributed by atoms with Crippen molar-refractivity contribution < 1.29 is 18.4 Å². The van der Waals surface area contributed by atoms with Crippen LogP contribution in [-0.4, -0.2) is 48.2 Å². The van der Waals surface area contributed by atoms with Gasteiger partial charge < -0.3 is 18.9 Å². The second kappa shape index (κ2) is 8.64. The van der Waals surface area contributed by atoms with Crippen molar-refractivity contribution in [3.8, 4) is 0 Å². The Morgan fingerprint density at radius 2 is 2.09 bits per heavy atom. The van der Waals surface area contributed by atoms with Crippen LogP contribution in [0, 0.1) is 5.92 Å². The zero-order chi connectivity index (χ0) is 22.1. The monoisotopic (exact) mass is 435 g/mol. The summed E-state index contributed by atoms with van der Waals surface area (Å²) in [6.07, 6.45) is 2.57. The molecule has 0 spiro atoms. The molecule has 0 aliphatic carbocycles. The average Bonchev–Trinajstić information content (AvgIpc) is 3.28. The van der Waals surface area contributed by atoms with Gasteiger partial charge in [0.15, 0.2) is 5.58 Å². The predicted octanol–water partition coefficient (Wildman–Crippen LogP) is 3.01. The number of carbonyl (C=O) groups excluding carboxylic acids is 1. The van der Waals surface area contributed by atoms with Crippen LogP contribution in [0.2, 0.25) is 0 Å². The Bertz CT molecular complexity index is 1320. The van der Waals surface area contributed by atoms with E-state index in [-0.39, 0.29) is 18.4 Å². The fourth-order valence-corrected chi connectivity index (χ4v) is 4.38. The number of benzene rings is 2. The van der Waals surface area contributed by atoms with Crippen molar-refractivity contribution in [2.75, 3.05) is 38.2 Å². The molecule has 1 atom stereocenters. The Morgan fingerprint density at radius 1 is 1.19 bits per heavy atom. The molecule has 1 aliphatic heterocycles. The van der Waals surface area contributed by atoms with Gasteiger partial charge in [0.25, 0.3) is 0 Å². The van der Waals surface area contributed by atoms with Gasteiger partial charge in [-0.05, 0) is 42.2 Å². The topological polar surface area (TPSA) is 89.9 Å². The molecule has 1 N–H and O–H groups in total. The van der Waals surface area contributed by atoms with Crippen LogP contribution in [0.4, 0.5) is 5.69 Å². The van der Waals surface area contributed by atoms with Crippen LogP contribution in [0.15, 0.2) is 62.4 Å². The summed E-state index contributed by atoms with van der Waals surface area (Å²) in [5.41, 5.74) is 3.86. The number of ether oxygens (including phenoxy) is 1. The Balaban J connectivity index is 1.23. The Morgan fingerprint density at radius 3 is 3.00 bits per heavy atom. The van der Waals surface area contributed by atoms with Crippen LogP contribution in [0.5, 0.6) is 0 Å². The van der Waals surface area contributed by atoms with E-state index in [1.165, 1.54) is 10.1 Å². The van der Waals surface area contributed by atoms with Gasteiger partial charge in [-0.25, -0.2) is 4.79 Å². The molecule has 5 rings (SSSR count). The number of furan rings is 1. The van der Waals surface area contributed by atoms with Crippen LogP contribution in [0.25, 0.3) is 22.1 Å². The molecule has 32 heavy (non-hydrogen) atoms. The van der Waals surface area contributed by atoms with Gasteiger partial charge in [0.05, 0.1) is 31.5 Å². The van der Waals surface area contributed by atoms with E-state index in [0.29, 0.717) is 36.5 Å². The molecule has 166 valence electrons. The molecule has 4 aromatic rings. The lowest BCUT2D eigenvalue weighted by Gasteiger charge is -2.23. The van der Waals surface area contributed by atoms with Gasteiger partial charge in [-0.2, -0.15) is 0 Å². The van der Waals surface area contributed by atoms with E-state index in [1.807, 2.05) is 18.2 Å². The van der Waals surface area contributed by atoms with Crippen LogP contribution in [-0.2, 0) is 23.0 Å². The van der Waals surface area contributed by atoms with Crippen molar-refractivity contribution >= 4 is 33.7 Å². The highest BCUT2D eigenvalue weighted by atomic mass is 16.5. The quantitative estimate of drug-likeness (QED) is 0.518. The molecular weight excluding hydrogens is 410 g/mol. The maximum absolute atomic E-state index is 12.7. The van der Waals surface area contributed by atoms with Crippen molar-refractivity contribution in [1.82, 2.24) is 9.47 Å². The van der Waals surface area contributed by atoms with Crippen LogP contribution >= 0.6 is 0 Å². The number of oxazole rings is 1. The summed E-state index contributed by atoms with van der Waals surface area (Å²) in [5.74, 6) is -0.258. The molecule has 2 aromatic heterocycles. The molecule has 1 fully saturated rings. The highest BCUT2D eigenvalue weighted by molar-refractivity contribution is 5.94. The van der Waals surface area contributed by atoms with Crippen molar-refractivity contribution in [3.05, 3.63) is 64.8 Å². The minimum absolute atomic E-state index is 0.111. The SMILES string of the molecule is Cn1c(=O)oc2cc(NC(=O)CN3CCOC[C@@H](Cc4cccc5occc45)C3)ccc21. The summed E-state index contributed by atoms with van der Waals surface area (Å²) in [4.78, 5) is 26.5. The maximum atomic E-state index is 12.7. The molecule has 0 unspecified atom stereocenters. The van der Waals surface area contributed by atoms with Gasteiger partial charge in [-0.15, -0.1) is 0 Å². The first-order chi connectivity index (χ1) is 15.6. The molecule has 1 saturated heterocycles. The van der Waals surface area contributed by atoms with Gasteiger partial charge in [0.2, 0.25) is 5.91 Å². The molecule has 2 aromatic carbocycles. The zero-order valence-electron chi connectivity index (χ0n) is 17.9. The van der Waals surface area contributed by atoms with E-state index in [2.05, 4.69) is 16.3 Å². The molecule has 8 nitrogen and oxygen atoms in total. The summed E-state index contributed by atoms with van der Waals surface area (Å²) in [6.45, 7) is 3.00. The number of nitrogens with one attached hydrogen (secondary N) is 1. The van der Waals surface area contributed by atoms with Crippen molar-refractivity contribution in [1.29, 1.82) is 0 Å². The normalized spacial score (nSPS) is 17.6. The zero-order valence-corrected chi connectivity index (χ0v) is 17.9. The number of aromatic nitrogens is 1. The van der Waals surface area contributed by atoms with Gasteiger partial charge in [-0.3, -0.25) is 14.3 Å². The summed E-state index contributed by atoms with van der Waals surface area (Å²) in [7, 11) is 1.65. The second-order valence-corrected chi connectivity index (χ2v) is 8.29. The number of anilines is 1. The number of carbonyl (C=O) groups is 1. The fraction of sp³-hybridized carbons (Fsp3) is 0.333. The first-order valence-corrected chi connectivity index (χ1v) is 10.7. The number of fused-ring (bicyclic) bond motifs is 2. The third kappa shape index (κ3) is 4.19. The fourth-order valence-electron chi connectivity index (χ4n) is 4.38. The van der Waals surface area contributed by atoms with Gasteiger partial charge in [0, 0.05) is 37.3 Å². The first kappa shape index (κ1) is 20.5. The second-order valence-electron chi connectivity index (χ2n) is 8.29. The number of amides is 1. The van der Waals surface area contributed by atoms with E-state index in [9.17, 15) is 9.59 Å². The van der Waals surface area contributed by atoms with E-state index < -0.39 is 5.76 Å². The summed E-state index contributed by atoms with van der Waals surface area (Å²) in [6, 6.07) is 13.3. The number of rotatable bonds is 5. The maximum Gasteiger partial charge on any atom is 0.419 e. The Hall–Kier alpha value is -3.36. The highest BCUT2D eigenvalue weighted by Crippen LogP contribution is 2.24. The molecule has 3 heterocycles. The number of hydrogen-bond acceptors (Lipinski definition) is 6. The van der Waals surface area contributed by atoms with E-state index in [0.717, 1.165) is 23.9 Å². The third-order valence-electron chi connectivity index (χ3n) is 5.96. The van der Waals surface area contributed by atoms with E-state index >= 15 is 0 Å². The van der Waals surface area contributed by atoms with Crippen LogP contribution in [0.1, 0.15) is 5.56 Å². The summed E-state index contributed by atoms with van der Waals surface area (Å²) in [5, 5.41) is 4.04. The largest absolute Gasteiger partial charge is 0.464 e. The smallest absolute Gasteiger partial charge is 0.419 e. The predicted molar refractivity (Wildman–Crippen MR) is 121 cm³/mol. The van der Waals surface area contributed by atoms with Gasteiger partial charge >= 0.3 is 5.76 Å². The molecule has 8 heteroatoms. The van der Waals surface area contributed by atoms with Gasteiger partial charge in [0.1, 0.15) is 5.58 Å². The number of nitrogens with zero attached hydrogens (tertiary/aromatic N) is 2. The molecule has 0 radical (unpaired) electrons. The van der Waals surface area contributed by atoms with Crippen LogP contribution in [0.3, 0.4) is 0 Å². The summed E-state index contributed by atoms with van der Waals surface area (Å²) >= 11 is 0. The highest BCUT2D eigenvalue weighted by Gasteiger charge is 2.22. The lowest BCUT2D eigenvalue weighted by atomic mass is 9.97. The van der Waals surface area contributed by atoms with Crippen LogP contribution < -0.4 is 11.1 Å². The average molecular weight is 435 g/mol. The van der Waals surface area contributed by atoms with Crippen molar-refractivity contribution in [3.63, 3.8) is 0 Å². The lowest BCUT2D eigenvalue weighted by molar-refractivity contribution is -0.117. The number of aryl methyl sites for hydroxylation is 1. The summed E-state index contributed by atoms with van der Waals surface area (Å²) < 4.78 is 18.0. The minimum atomic E-state index is -0.426. The Labute approximate surface area is 184 Å². The van der Waals surface area contributed by atoms with Gasteiger partial charge in [-0.1, -0.05) is 12.1 Å². The molecule has 0 bridgehead atoms. The molecule has 1 aliphatic rings. The number of hydrogen-bond donors (Lipinski definition) is 1. The van der Waals surface area contributed by atoms with E-state index in [4.69, 9.17) is 13.6 Å². The lowest BCUT2D eigenvalue weighted by Crippen LogP contribution is -2.37. The first-order valence-electron chi connectivity index (χ1n) is 10.7. The molecular formula is C24H25N3O5. The van der Waals surface area contributed by atoms with E-state index in [1.54, 1.807) is 31.5 Å². The molecule has 1 amide bonds. The molecule has 0 saturated carbocycles. The standard InChI is InChI=1S/C24H25N3O5/c1-26-20-6-5-18(12-22(20)32-24(26)29)25-23(28)14-27-8-10-30-15-16(13-27)11-17-3-2-4-21-19(17)7-9-31-21/h2-7,9,12,16H,8,10-11,13-15H2,1H3,(H,25,28)/t16-/m0/s1. The minimum Gasteiger partial charge on any atom is -0.464 e. The third-order valence-corrected chi connectivity index (χ3v) is 5.96. The van der Waals surface area contributed by atoms with Crippen molar-refractivity contribution in [2.24, 2.45) is 13.0 Å².